The molecule has 0 radical (unpaired) electrons. The van der Waals surface area contributed by atoms with Crippen LogP contribution in [0.5, 0.6) is 0 Å². The van der Waals surface area contributed by atoms with Gasteiger partial charge in [-0.05, 0) is 57.0 Å². The van der Waals surface area contributed by atoms with Crippen molar-refractivity contribution in [3.05, 3.63) is 58.7 Å². The van der Waals surface area contributed by atoms with Gasteiger partial charge in [-0.2, -0.15) is 0 Å². The second kappa shape index (κ2) is 17.4. The van der Waals surface area contributed by atoms with E-state index in [0.717, 1.165) is 28.5 Å². The Hall–Kier alpha value is -3.38. The third-order valence-corrected chi connectivity index (χ3v) is 7.07. The van der Waals surface area contributed by atoms with Crippen LogP contribution in [0.2, 0.25) is 10.0 Å². The fraction of sp³-hybridized carbons (Fsp3) is 0.429. The summed E-state index contributed by atoms with van der Waals surface area (Å²) >= 11 is 12.5. The van der Waals surface area contributed by atoms with E-state index in [9.17, 15) is 19.2 Å². The smallest absolute Gasteiger partial charge is 0.328 e. The predicted molar refractivity (Wildman–Crippen MR) is 156 cm³/mol. The maximum Gasteiger partial charge on any atom is 0.328 e. The molecule has 0 spiro atoms. The first kappa shape index (κ1) is 33.8. The Labute approximate surface area is 247 Å². The van der Waals surface area contributed by atoms with Crippen LogP contribution in [0, 0.1) is 0 Å². The van der Waals surface area contributed by atoms with Crippen molar-refractivity contribution in [1.82, 2.24) is 14.4 Å². The van der Waals surface area contributed by atoms with Crippen molar-refractivity contribution in [3.8, 4) is 0 Å². The molecule has 0 saturated carbocycles. The molecule has 2 saturated heterocycles. The molecule has 1 aromatic carbocycles. The average molecular weight is 613 g/mol. The van der Waals surface area contributed by atoms with E-state index in [2.05, 4.69) is 26.6 Å². The van der Waals surface area contributed by atoms with Gasteiger partial charge in [-0.3, -0.25) is 4.90 Å². The number of fused-ring (bicyclic) bond motifs is 2. The molecule has 1 atom stereocenters. The molecule has 41 heavy (non-hydrogen) atoms. The van der Waals surface area contributed by atoms with Crippen LogP contribution in [-0.2, 0) is 25.7 Å². The van der Waals surface area contributed by atoms with Crippen LogP contribution < -0.4 is 0 Å². The zero-order chi connectivity index (χ0) is 30.4. The normalized spacial score (nSPS) is 17.4. The zero-order valence-corrected chi connectivity index (χ0v) is 24.0. The zero-order valence-electron chi connectivity index (χ0n) is 22.5. The Bertz CT molecular complexity index is 1190. The standard InChI is InChI=1S/C20H27Cl2N3.2C4H4O4/c21-17-13-16-6-10-25(20(16)19(22)14-17)9-4-3-7-23-11-12-24-8-2-1-5-18(24)15-23;2*5-3(6)1-2-4(7)8/h6,10,13-14,18H,1-5,7-9,11-12,15H2;2*1-2H,(H,5,6)(H,7,8)/b;2*2-1+. The first-order valence-corrected chi connectivity index (χ1v) is 13.9. The first-order chi connectivity index (χ1) is 19.5. The van der Waals surface area contributed by atoms with E-state index in [1.54, 1.807) is 0 Å². The summed E-state index contributed by atoms with van der Waals surface area (Å²) in [7, 11) is 0. The number of hydrogen-bond acceptors (Lipinski definition) is 6. The Morgan fingerprint density at radius 2 is 1.39 bits per heavy atom. The molecule has 0 amide bonds. The number of carbonyl (C=O) groups is 4. The number of hydrogen-bond donors (Lipinski definition) is 4. The number of carboxylic acids is 4. The summed E-state index contributed by atoms with van der Waals surface area (Å²) in [6, 6.07) is 6.75. The van der Waals surface area contributed by atoms with Crippen molar-refractivity contribution in [3.63, 3.8) is 0 Å². The molecule has 2 aliphatic heterocycles. The molecule has 4 N–H and O–H groups in total. The highest BCUT2D eigenvalue weighted by Gasteiger charge is 2.28. The van der Waals surface area contributed by atoms with Crippen molar-refractivity contribution in [2.75, 3.05) is 32.7 Å². The van der Waals surface area contributed by atoms with Crippen LogP contribution in [0.4, 0.5) is 0 Å². The molecule has 2 aromatic rings. The lowest BCUT2D eigenvalue weighted by molar-refractivity contribution is -0.134. The van der Waals surface area contributed by atoms with E-state index in [-0.39, 0.29) is 0 Å². The highest BCUT2D eigenvalue weighted by molar-refractivity contribution is 6.38. The van der Waals surface area contributed by atoms with Crippen molar-refractivity contribution in [1.29, 1.82) is 0 Å². The van der Waals surface area contributed by atoms with Crippen molar-refractivity contribution in [2.24, 2.45) is 0 Å². The van der Waals surface area contributed by atoms with Crippen LogP contribution in [0.25, 0.3) is 10.9 Å². The molecule has 224 valence electrons. The second-order valence-electron chi connectivity index (χ2n) is 9.55. The molecule has 2 fully saturated rings. The van der Waals surface area contributed by atoms with Gasteiger partial charge in [0.15, 0.2) is 0 Å². The molecule has 11 nitrogen and oxygen atoms in total. The Kier molecular flexibility index (Phi) is 14.4. The quantitative estimate of drug-likeness (QED) is 0.237. The van der Waals surface area contributed by atoms with E-state index in [1.165, 1.54) is 64.8 Å². The van der Waals surface area contributed by atoms with Gasteiger partial charge in [0, 0.05) is 73.1 Å². The van der Waals surface area contributed by atoms with E-state index in [4.69, 9.17) is 43.6 Å². The third kappa shape index (κ3) is 12.8. The summed E-state index contributed by atoms with van der Waals surface area (Å²) in [5, 5.41) is 33.8. The molecule has 1 unspecified atom stereocenters. The van der Waals surface area contributed by atoms with Crippen LogP contribution in [0.3, 0.4) is 0 Å². The molecule has 4 rings (SSSR count). The van der Waals surface area contributed by atoms with Gasteiger partial charge >= 0.3 is 23.9 Å². The molecule has 1 aromatic heterocycles. The number of piperazine rings is 1. The summed E-state index contributed by atoms with van der Waals surface area (Å²) in [6.07, 6.45) is 11.0. The number of rotatable bonds is 9. The summed E-state index contributed by atoms with van der Waals surface area (Å²) in [5.41, 5.74) is 1.11. The largest absolute Gasteiger partial charge is 0.478 e. The maximum atomic E-state index is 9.55. The van der Waals surface area contributed by atoms with Gasteiger partial charge < -0.3 is 29.9 Å². The summed E-state index contributed by atoms with van der Waals surface area (Å²) < 4.78 is 2.27. The Morgan fingerprint density at radius 3 is 1.98 bits per heavy atom. The van der Waals surface area contributed by atoms with Gasteiger partial charge in [0.1, 0.15) is 0 Å². The third-order valence-electron chi connectivity index (χ3n) is 6.56. The number of aliphatic carboxylic acids is 4. The minimum absolute atomic E-state index is 0.558. The molecular formula is C28H35Cl2N3O8. The summed E-state index contributed by atoms with van der Waals surface area (Å²) in [4.78, 5) is 43.6. The minimum atomic E-state index is -1.26. The number of piperidine rings is 1. The van der Waals surface area contributed by atoms with Gasteiger partial charge in [0.2, 0.25) is 0 Å². The van der Waals surface area contributed by atoms with Crippen LogP contribution in [0.1, 0.15) is 32.1 Å². The number of unbranched alkanes of at least 4 members (excludes halogenated alkanes) is 1. The highest BCUT2D eigenvalue weighted by atomic mass is 35.5. The van der Waals surface area contributed by atoms with Crippen LogP contribution in [-0.4, -0.2) is 97.4 Å². The highest BCUT2D eigenvalue weighted by Crippen LogP contribution is 2.29. The molecule has 2 aliphatic rings. The van der Waals surface area contributed by atoms with Crippen molar-refractivity contribution in [2.45, 2.75) is 44.7 Å². The number of nitrogens with zero attached hydrogens (tertiary/aromatic N) is 3. The SMILES string of the molecule is Clc1cc(Cl)c2c(ccn2CCCCN2CCN3CCCCC3C2)c1.O=C(O)/C=C/C(=O)O.O=C(O)/C=C/C(=O)O. The molecule has 3 heterocycles. The molecular weight excluding hydrogens is 577 g/mol. The summed E-state index contributed by atoms with van der Waals surface area (Å²) in [6.45, 7) is 7.36. The van der Waals surface area contributed by atoms with Crippen molar-refractivity contribution >= 4 is 58.0 Å². The van der Waals surface area contributed by atoms with E-state index in [0.29, 0.717) is 29.3 Å². The monoisotopic (exact) mass is 611 g/mol. The number of aromatic nitrogens is 1. The number of benzene rings is 1. The lowest BCUT2D eigenvalue weighted by atomic mass is 9.99. The molecule has 0 aliphatic carbocycles. The fourth-order valence-electron chi connectivity index (χ4n) is 4.77. The molecule has 13 heteroatoms. The maximum absolute atomic E-state index is 9.55. The molecule has 0 bridgehead atoms. The fourth-order valence-corrected chi connectivity index (χ4v) is 5.39. The topological polar surface area (TPSA) is 161 Å². The number of aryl methyl sites for hydroxylation is 1. The van der Waals surface area contributed by atoms with Gasteiger partial charge in [-0.25, -0.2) is 19.2 Å². The van der Waals surface area contributed by atoms with Gasteiger partial charge in [0.25, 0.3) is 0 Å². The summed E-state index contributed by atoms with van der Waals surface area (Å²) in [5.74, 6) is -5.03. The minimum Gasteiger partial charge on any atom is -0.478 e. The number of carboxylic acid groups (broad SMARTS) is 4. The lowest BCUT2D eigenvalue weighted by Gasteiger charge is -2.44. The first-order valence-electron chi connectivity index (χ1n) is 13.1. The van der Waals surface area contributed by atoms with E-state index >= 15 is 0 Å². The lowest BCUT2D eigenvalue weighted by Crippen LogP contribution is -2.54. The van der Waals surface area contributed by atoms with Crippen molar-refractivity contribution < 1.29 is 39.6 Å². The van der Waals surface area contributed by atoms with E-state index in [1.807, 2.05) is 12.1 Å². The average Bonchev–Trinajstić information content (AvgIpc) is 3.32. The van der Waals surface area contributed by atoms with Crippen LogP contribution in [0.15, 0.2) is 48.7 Å². The van der Waals surface area contributed by atoms with Crippen LogP contribution >= 0.6 is 23.2 Å². The second-order valence-corrected chi connectivity index (χ2v) is 10.4. The Morgan fingerprint density at radius 1 is 0.805 bits per heavy atom. The van der Waals surface area contributed by atoms with Gasteiger partial charge in [-0.15, -0.1) is 0 Å². The predicted octanol–water partition coefficient (Wildman–Crippen LogP) is 4.32. The van der Waals surface area contributed by atoms with Gasteiger partial charge in [0.05, 0.1) is 10.5 Å². The Balaban J connectivity index is 0.000000304. The van der Waals surface area contributed by atoms with Gasteiger partial charge in [-0.1, -0.05) is 29.6 Å². The number of halogens is 2. The van der Waals surface area contributed by atoms with E-state index < -0.39 is 23.9 Å².